The average molecular weight is 164 g/mol. The number of aliphatic hydroxyl groups is 1. The van der Waals surface area contributed by atoms with Gasteiger partial charge in [-0.1, -0.05) is 30.3 Å². The van der Waals surface area contributed by atoms with Crippen LogP contribution in [0.1, 0.15) is 11.7 Å². The molecule has 2 nitrogen and oxygen atoms in total. The van der Waals surface area contributed by atoms with Crippen LogP contribution in [0.15, 0.2) is 30.3 Å². The highest BCUT2D eigenvalue weighted by atomic mass is 16.5. The first-order valence-corrected chi connectivity index (χ1v) is 4.18. The average Bonchev–Trinajstić information content (AvgIpc) is 2.03. The largest absolute Gasteiger partial charge is 0.388 e. The first-order valence-electron chi connectivity index (χ1n) is 4.18. The van der Waals surface area contributed by atoms with Crippen molar-refractivity contribution in [2.75, 3.05) is 13.2 Å². The summed E-state index contributed by atoms with van der Waals surface area (Å²) in [4.78, 5) is 0. The summed E-state index contributed by atoms with van der Waals surface area (Å²) in [7, 11) is 0. The Labute approximate surface area is 71.8 Å². The summed E-state index contributed by atoms with van der Waals surface area (Å²) in [5.74, 6) is 0.299. The maximum absolute atomic E-state index is 9.76. The van der Waals surface area contributed by atoms with Gasteiger partial charge in [-0.15, -0.1) is 0 Å². The minimum atomic E-state index is -0.347. The van der Waals surface area contributed by atoms with Gasteiger partial charge in [0.1, 0.15) is 0 Å². The fourth-order valence-corrected chi connectivity index (χ4v) is 1.36. The summed E-state index contributed by atoms with van der Waals surface area (Å²) in [6, 6.07) is 9.73. The van der Waals surface area contributed by atoms with Crippen LogP contribution in [0.3, 0.4) is 0 Å². The molecule has 1 atom stereocenters. The van der Waals surface area contributed by atoms with E-state index in [0.717, 1.165) is 5.56 Å². The molecule has 1 aliphatic heterocycles. The molecule has 0 saturated carbocycles. The van der Waals surface area contributed by atoms with Gasteiger partial charge >= 0.3 is 0 Å². The topological polar surface area (TPSA) is 29.5 Å². The third kappa shape index (κ3) is 1.36. The van der Waals surface area contributed by atoms with E-state index >= 15 is 0 Å². The number of rotatable bonds is 2. The lowest BCUT2D eigenvalue weighted by Crippen LogP contribution is -2.32. The van der Waals surface area contributed by atoms with E-state index in [2.05, 4.69) is 0 Å². The van der Waals surface area contributed by atoms with Crippen LogP contribution in [0.4, 0.5) is 0 Å². The third-order valence-electron chi connectivity index (χ3n) is 2.25. The van der Waals surface area contributed by atoms with Gasteiger partial charge in [0, 0.05) is 5.92 Å². The molecular formula is C10H12O2. The van der Waals surface area contributed by atoms with Gasteiger partial charge in [0.25, 0.3) is 0 Å². The molecule has 0 bridgehead atoms. The summed E-state index contributed by atoms with van der Waals surface area (Å²) in [6.07, 6.45) is -0.347. The van der Waals surface area contributed by atoms with Crippen molar-refractivity contribution in [2.45, 2.75) is 6.10 Å². The molecule has 0 spiro atoms. The SMILES string of the molecule is O[C@H](c1ccccc1)C1COC1. The van der Waals surface area contributed by atoms with E-state index in [1.165, 1.54) is 0 Å². The highest BCUT2D eigenvalue weighted by Gasteiger charge is 2.27. The molecule has 1 heterocycles. The Balaban J connectivity index is 2.08. The molecule has 1 aromatic rings. The molecule has 1 saturated heterocycles. The second-order valence-corrected chi connectivity index (χ2v) is 3.15. The molecular weight excluding hydrogens is 152 g/mol. The molecule has 1 fully saturated rings. The van der Waals surface area contributed by atoms with Crippen LogP contribution < -0.4 is 0 Å². The van der Waals surface area contributed by atoms with Gasteiger partial charge in [-0.25, -0.2) is 0 Å². The van der Waals surface area contributed by atoms with Crippen LogP contribution in [-0.4, -0.2) is 18.3 Å². The Bertz CT molecular complexity index is 241. The Morgan fingerprint density at radius 2 is 1.92 bits per heavy atom. The maximum atomic E-state index is 9.76. The van der Waals surface area contributed by atoms with E-state index in [1.807, 2.05) is 30.3 Å². The summed E-state index contributed by atoms with van der Waals surface area (Å²) >= 11 is 0. The molecule has 12 heavy (non-hydrogen) atoms. The second kappa shape index (κ2) is 3.25. The first-order chi connectivity index (χ1) is 5.88. The lowest BCUT2D eigenvalue weighted by atomic mass is 9.94. The zero-order chi connectivity index (χ0) is 8.39. The van der Waals surface area contributed by atoms with Gasteiger partial charge in [0.15, 0.2) is 0 Å². The summed E-state index contributed by atoms with van der Waals surface area (Å²) in [5, 5.41) is 9.76. The van der Waals surface area contributed by atoms with Gasteiger partial charge in [-0.05, 0) is 5.56 Å². The Hall–Kier alpha value is -0.860. The molecule has 2 heteroatoms. The molecule has 2 rings (SSSR count). The maximum Gasteiger partial charge on any atom is 0.0862 e. The van der Waals surface area contributed by atoms with Crippen molar-refractivity contribution in [1.29, 1.82) is 0 Å². The monoisotopic (exact) mass is 164 g/mol. The van der Waals surface area contributed by atoms with Crippen molar-refractivity contribution in [3.63, 3.8) is 0 Å². The fraction of sp³-hybridized carbons (Fsp3) is 0.400. The van der Waals surface area contributed by atoms with Crippen LogP contribution in [0.2, 0.25) is 0 Å². The van der Waals surface area contributed by atoms with Crippen molar-refractivity contribution < 1.29 is 9.84 Å². The Morgan fingerprint density at radius 1 is 1.25 bits per heavy atom. The highest BCUT2D eigenvalue weighted by Crippen LogP contribution is 2.27. The molecule has 0 amide bonds. The van der Waals surface area contributed by atoms with Crippen molar-refractivity contribution in [3.05, 3.63) is 35.9 Å². The molecule has 64 valence electrons. The third-order valence-corrected chi connectivity index (χ3v) is 2.25. The van der Waals surface area contributed by atoms with Gasteiger partial charge in [0.05, 0.1) is 19.3 Å². The predicted octanol–water partition coefficient (Wildman–Crippen LogP) is 1.37. The summed E-state index contributed by atoms with van der Waals surface area (Å²) in [5.41, 5.74) is 0.991. The van der Waals surface area contributed by atoms with Crippen molar-refractivity contribution >= 4 is 0 Å². The van der Waals surface area contributed by atoms with E-state index in [9.17, 15) is 5.11 Å². The molecule has 1 N–H and O–H groups in total. The van der Waals surface area contributed by atoms with Crippen LogP contribution in [0.25, 0.3) is 0 Å². The van der Waals surface area contributed by atoms with Crippen LogP contribution in [-0.2, 0) is 4.74 Å². The number of hydrogen-bond acceptors (Lipinski definition) is 2. The smallest absolute Gasteiger partial charge is 0.0862 e. The number of ether oxygens (including phenoxy) is 1. The number of hydrogen-bond donors (Lipinski definition) is 1. The standard InChI is InChI=1S/C10H12O2/c11-10(9-6-12-7-9)8-4-2-1-3-5-8/h1-5,9-11H,6-7H2/t10-/m1/s1. The molecule has 0 radical (unpaired) electrons. The molecule has 0 aromatic heterocycles. The van der Waals surface area contributed by atoms with E-state index in [4.69, 9.17) is 4.74 Å². The van der Waals surface area contributed by atoms with Gasteiger partial charge < -0.3 is 9.84 Å². The fourth-order valence-electron chi connectivity index (χ4n) is 1.36. The van der Waals surface area contributed by atoms with E-state index in [0.29, 0.717) is 19.1 Å². The van der Waals surface area contributed by atoms with Gasteiger partial charge in [-0.3, -0.25) is 0 Å². The van der Waals surface area contributed by atoms with Crippen molar-refractivity contribution in [3.8, 4) is 0 Å². The molecule has 1 aliphatic rings. The minimum Gasteiger partial charge on any atom is -0.388 e. The van der Waals surface area contributed by atoms with Crippen molar-refractivity contribution in [1.82, 2.24) is 0 Å². The molecule has 1 aromatic carbocycles. The van der Waals surface area contributed by atoms with Crippen LogP contribution in [0, 0.1) is 5.92 Å². The summed E-state index contributed by atoms with van der Waals surface area (Å²) in [6.45, 7) is 1.38. The Kier molecular flexibility index (Phi) is 2.11. The van der Waals surface area contributed by atoms with Gasteiger partial charge in [0.2, 0.25) is 0 Å². The van der Waals surface area contributed by atoms with E-state index in [1.54, 1.807) is 0 Å². The number of aliphatic hydroxyl groups excluding tert-OH is 1. The second-order valence-electron chi connectivity index (χ2n) is 3.15. The van der Waals surface area contributed by atoms with Crippen molar-refractivity contribution in [2.24, 2.45) is 5.92 Å². The lowest BCUT2D eigenvalue weighted by molar-refractivity contribution is -0.0924. The van der Waals surface area contributed by atoms with Gasteiger partial charge in [-0.2, -0.15) is 0 Å². The summed E-state index contributed by atoms with van der Waals surface area (Å²) < 4.78 is 5.02. The number of benzene rings is 1. The molecule has 0 aliphatic carbocycles. The first kappa shape index (κ1) is 7.77. The van der Waals surface area contributed by atoms with E-state index < -0.39 is 0 Å². The molecule has 0 unspecified atom stereocenters. The lowest BCUT2D eigenvalue weighted by Gasteiger charge is -2.30. The quantitative estimate of drug-likeness (QED) is 0.715. The van der Waals surface area contributed by atoms with Crippen LogP contribution in [0.5, 0.6) is 0 Å². The highest BCUT2D eigenvalue weighted by molar-refractivity contribution is 5.18. The van der Waals surface area contributed by atoms with Crippen LogP contribution >= 0.6 is 0 Å². The van der Waals surface area contributed by atoms with E-state index in [-0.39, 0.29) is 6.10 Å². The zero-order valence-electron chi connectivity index (χ0n) is 6.81. The Morgan fingerprint density at radius 3 is 2.42 bits per heavy atom. The zero-order valence-corrected chi connectivity index (χ0v) is 6.81. The normalized spacial score (nSPS) is 20.1. The predicted molar refractivity (Wildman–Crippen MR) is 45.7 cm³/mol. The minimum absolute atomic E-state index is 0.299.